The van der Waals surface area contributed by atoms with E-state index in [1.165, 1.54) is 0 Å². The number of aryl methyl sites for hydroxylation is 2. The summed E-state index contributed by atoms with van der Waals surface area (Å²) in [5.41, 5.74) is 1.07. The number of hydrogen-bond acceptors (Lipinski definition) is 6. The maximum absolute atomic E-state index is 12.4. The largest absolute Gasteiger partial charge is 0.493 e. The molecule has 128 valence electrons. The van der Waals surface area contributed by atoms with E-state index in [4.69, 9.17) is 14.0 Å². The fourth-order valence-corrected chi connectivity index (χ4v) is 2.79. The van der Waals surface area contributed by atoms with E-state index in [1.54, 1.807) is 18.9 Å². The van der Waals surface area contributed by atoms with E-state index in [1.807, 2.05) is 25.1 Å². The number of benzene rings is 1. The first kappa shape index (κ1) is 16.3. The highest BCUT2D eigenvalue weighted by Crippen LogP contribution is 2.29. The highest BCUT2D eigenvalue weighted by Gasteiger charge is 2.31. The maximum atomic E-state index is 12.4. The number of hydrogen-bond donors (Lipinski definition) is 0. The van der Waals surface area contributed by atoms with Crippen molar-refractivity contribution in [2.24, 2.45) is 0 Å². The monoisotopic (exact) mass is 331 g/mol. The van der Waals surface area contributed by atoms with Crippen LogP contribution in [0.25, 0.3) is 0 Å². The molecule has 0 saturated carbocycles. The van der Waals surface area contributed by atoms with Crippen LogP contribution in [0.4, 0.5) is 0 Å². The van der Waals surface area contributed by atoms with Crippen LogP contribution < -0.4 is 9.47 Å². The van der Waals surface area contributed by atoms with Gasteiger partial charge in [0.1, 0.15) is 0 Å². The molecule has 1 atom stereocenters. The zero-order valence-corrected chi connectivity index (χ0v) is 14.1. The quantitative estimate of drug-likeness (QED) is 0.835. The Bertz CT molecular complexity index is 728. The third-order valence-electron chi connectivity index (χ3n) is 4.10. The van der Waals surface area contributed by atoms with Gasteiger partial charge in [0, 0.05) is 13.1 Å². The van der Waals surface area contributed by atoms with Gasteiger partial charge in [-0.1, -0.05) is 11.2 Å². The summed E-state index contributed by atoms with van der Waals surface area (Å²) >= 11 is 0. The zero-order valence-electron chi connectivity index (χ0n) is 14.1. The van der Waals surface area contributed by atoms with E-state index in [2.05, 4.69) is 10.1 Å². The molecule has 0 aliphatic carbocycles. The van der Waals surface area contributed by atoms with Crippen LogP contribution >= 0.6 is 0 Å². The van der Waals surface area contributed by atoms with Crippen molar-refractivity contribution in [3.63, 3.8) is 0 Å². The van der Waals surface area contributed by atoms with Crippen LogP contribution in [-0.2, 0) is 4.79 Å². The van der Waals surface area contributed by atoms with E-state index in [-0.39, 0.29) is 18.4 Å². The number of methoxy groups -OCH3 is 1. The van der Waals surface area contributed by atoms with Crippen molar-refractivity contribution in [2.45, 2.75) is 26.2 Å². The van der Waals surface area contributed by atoms with Gasteiger partial charge in [-0.3, -0.25) is 4.79 Å². The molecule has 1 aliphatic heterocycles. The fourth-order valence-electron chi connectivity index (χ4n) is 2.79. The topological polar surface area (TPSA) is 77.7 Å². The van der Waals surface area contributed by atoms with Crippen LogP contribution in [0, 0.1) is 13.8 Å². The average Bonchev–Trinajstić information content (AvgIpc) is 3.22. The first-order chi connectivity index (χ1) is 11.6. The predicted octanol–water partition coefficient (Wildman–Crippen LogP) is 2.09. The molecule has 0 N–H and O–H groups in total. The first-order valence-electron chi connectivity index (χ1n) is 7.92. The van der Waals surface area contributed by atoms with Crippen molar-refractivity contribution in [3.8, 4) is 11.5 Å². The van der Waals surface area contributed by atoms with Crippen molar-refractivity contribution in [3.05, 3.63) is 35.5 Å². The molecule has 7 nitrogen and oxygen atoms in total. The summed E-state index contributed by atoms with van der Waals surface area (Å²) in [6.45, 7) is 4.98. The first-order valence-corrected chi connectivity index (χ1v) is 7.92. The second-order valence-electron chi connectivity index (χ2n) is 5.95. The minimum atomic E-state index is -0.0589. The number of aromatic nitrogens is 2. The minimum Gasteiger partial charge on any atom is -0.493 e. The Morgan fingerprint density at radius 1 is 1.38 bits per heavy atom. The van der Waals surface area contributed by atoms with Crippen molar-refractivity contribution in [2.75, 3.05) is 26.8 Å². The molecular formula is C17H21N3O4. The smallest absolute Gasteiger partial charge is 0.260 e. The summed E-state index contributed by atoms with van der Waals surface area (Å²) in [5, 5.41) is 3.81. The number of amides is 1. The molecule has 1 amide bonds. The van der Waals surface area contributed by atoms with Crippen molar-refractivity contribution in [1.82, 2.24) is 15.0 Å². The Morgan fingerprint density at radius 2 is 2.21 bits per heavy atom. The van der Waals surface area contributed by atoms with Crippen molar-refractivity contribution in [1.29, 1.82) is 0 Å². The molecule has 1 aromatic carbocycles. The molecule has 3 rings (SSSR count). The van der Waals surface area contributed by atoms with Gasteiger partial charge in [-0.15, -0.1) is 0 Å². The molecular weight excluding hydrogens is 310 g/mol. The van der Waals surface area contributed by atoms with Gasteiger partial charge in [0.2, 0.25) is 5.89 Å². The summed E-state index contributed by atoms with van der Waals surface area (Å²) in [4.78, 5) is 18.4. The van der Waals surface area contributed by atoms with Gasteiger partial charge in [-0.2, -0.15) is 4.98 Å². The maximum Gasteiger partial charge on any atom is 0.260 e. The molecule has 0 unspecified atom stereocenters. The van der Waals surface area contributed by atoms with Crippen LogP contribution in [0.2, 0.25) is 0 Å². The Kier molecular flexibility index (Phi) is 4.69. The molecule has 1 saturated heterocycles. The zero-order chi connectivity index (χ0) is 17.1. The van der Waals surface area contributed by atoms with Crippen LogP contribution in [-0.4, -0.2) is 47.8 Å². The van der Waals surface area contributed by atoms with Gasteiger partial charge in [0.15, 0.2) is 23.9 Å². The lowest BCUT2D eigenvalue weighted by Gasteiger charge is -2.17. The minimum absolute atomic E-state index is 0.0188. The Balaban J connectivity index is 1.56. The Hall–Kier alpha value is -2.57. The summed E-state index contributed by atoms with van der Waals surface area (Å²) in [6, 6.07) is 5.62. The SMILES string of the molecule is COc1cc(C)ccc1OCC(=O)N1CC[C@@H](c2nc(C)no2)C1. The van der Waals surface area contributed by atoms with Gasteiger partial charge >= 0.3 is 0 Å². The fraction of sp³-hybridized carbons (Fsp3) is 0.471. The number of rotatable bonds is 5. The number of nitrogens with zero attached hydrogens (tertiary/aromatic N) is 3. The lowest BCUT2D eigenvalue weighted by molar-refractivity contribution is -0.132. The summed E-state index contributed by atoms with van der Waals surface area (Å²) in [5.74, 6) is 2.46. The van der Waals surface area contributed by atoms with E-state index in [0.29, 0.717) is 36.3 Å². The van der Waals surface area contributed by atoms with Crippen molar-refractivity contribution < 1.29 is 18.8 Å². The van der Waals surface area contributed by atoms with E-state index in [0.717, 1.165) is 12.0 Å². The van der Waals surface area contributed by atoms with E-state index >= 15 is 0 Å². The number of likely N-dealkylation sites (tertiary alicyclic amines) is 1. The van der Waals surface area contributed by atoms with E-state index in [9.17, 15) is 4.79 Å². The molecule has 0 radical (unpaired) electrons. The number of carbonyl (C=O) groups is 1. The Morgan fingerprint density at radius 3 is 2.92 bits per heavy atom. The molecule has 1 fully saturated rings. The molecule has 7 heteroatoms. The third kappa shape index (κ3) is 3.50. The average molecular weight is 331 g/mol. The third-order valence-corrected chi connectivity index (χ3v) is 4.10. The number of carbonyl (C=O) groups excluding carboxylic acids is 1. The normalized spacial score (nSPS) is 17.1. The van der Waals surface area contributed by atoms with Gasteiger partial charge < -0.3 is 18.9 Å². The van der Waals surface area contributed by atoms with Crippen molar-refractivity contribution >= 4 is 5.91 Å². The van der Waals surface area contributed by atoms with Gasteiger partial charge in [0.25, 0.3) is 5.91 Å². The van der Waals surface area contributed by atoms with Crippen LogP contribution in [0.3, 0.4) is 0 Å². The molecule has 0 bridgehead atoms. The predicted molar refractivity (Wildman–Crippen MR) is 86.2 cm³/mol. The highest BCUT2D eigenvalue weighted by atomic mass is 16.5. The lowest BCUT2D eigenvalue weighted by Crippen LogP contribution is -2.32. The second-order valence-corrected chi connectivity index (χ2v) is 5.95. The van der Waals surface area contributed by atoms with Gasteiger partial charge in [-0.25, -0.2) is 0 Å². The molecule has 2 heterocycles. The van der Waals surface area contributed by atoms with Crippen LogP contribution in [0.5, 0.6) is 11.5 Å². The molecule has 24 heavy (non-hydrogen) atoms. The van der Waals surface area contributed by atoms with E-state index < -0.39 is 0 Å². The van der Waals surface area contributed by atoms with Crippen LogP contribution in [0.1, 0.15) is 29.6 Å². The van der Waals surface area contributed by atoms with Crippen LogP contribution in [0.15, 0.2) is 22.7 Å². The van der Waals surface area contributed by atoms with Gasteiger partial charge in [-0.05, 0) is 38.0 Å². The standard InChI is InChI=1S/C17H21N3O4/c1-11-4-5-14(15(8-11)22-3)23-10-16(21)20-7-6-13(9-20)17-18-12(2)19-24-17/h4-5,8,13H,6-7,9-10H2,1-3H3/t13-/m1/s1. The lowest BCUT2D eigenvalue weighted by atomic mass is 10.1. The molecule has 1 aliphatic rings. The Labute approximate surface area is 140 Å². The summed E-state index contributed by atoms with van der Waals surface area (Å²) in [7, 11) is 1.58. The molecule has 1 aromatic heterocycles. The number of ether oxygens (including phenoxy) is 2. The highest BCUT2D eigenvalue weighted by molar-refractivity contribution is 5.78. The molecule has 0 spiro atoms. The van der Waals surface area contributed by atoms with Gasteiger partial charge in [0.05, 0.1) is 13.0 Å². The summed E-state index contributed by atoms with van der Waals surface area (Å²) in [6.07, 6.45) is 0.821. The second kappa shape index (κ2) is 6.90. The summed E-state index contributed by atoms with van der Waals surface area (Å²) < 4.78 is 16.1. The molecule has 2 aromatic rings.